The van der Waals surface area contributed by atoms with Crippen LogP contribution in [0.5, 0.6) is 0 Å². The van der Waals surface area contributed by atoms with Crippen molar-refractivity contribution in [2.45, 2.75) is 39.2 Å². The van der Waals surface area contributed by atoms with E-state index >= 15 is 0 Å². The molecular weight excluding hydrogens is 383 g/mol. The van der Waals surface area contributed by atoms with Gasteiger partial charge in [0.15, 0.2) is 0 Å². The topological polar surface area (TPSA) is 84.5 Å². The van der Waals surface area contributed by atoms with E-state index in [0.29, 0.717) is 24.3 Å². The highest BCUT2D eigenvalue weighted by Crippen LogP contribution is 2.38. The number of amides is 2. The van der Waals surface area contributed by atoms with Crippen LogP contribution in [0.4, 0.5) is 15.8 Å². The number of hydrogen-bond donors (Lipinski definition) is 2. The van der Waals surface area contributed by atoms with Gasteiger partial charge in [-0.25, -0.2) is 4.39 Å². The number of esters is 1. The Balaban J connectivity index is 2.26. The molecular formula is C20H25FN2O4S. The molecule has 152 valence electrons. The largest absolute Gasteiger partial charge is 0.459 e. The van der Waals surface area contributed by atoms with Crippen LogP contribution < -0.4 is 10.6 Å². The third-order valence-electron chi connectivity index (χ3n) is 4.24. The van der Waals surface area contributed by atoms with Gasteiger partial charge in [0, 0.05) is 5.69 Å². The standard InChI is InChI=1S/C20H25FN2O4S/c1-5-16(24)23-15-12-13(6-7-14(15)21)22-17(25)20(8-10-28-11-9-20)18(26)27-19(2,3)4/h5-7,12H,1,8-11H2,2-4H3,(H,22,25)(H,23,24). The molecule has 0 bridgehead atoms. The normalized spacial score (nSPS) is 16.0. The molecule has 2 rings (SSSR count). The molecule has 1 aromatic rings. The van der Waals surface area contributed by atoms with E-state index in [0.717, 1.165) is 12.1 Å². The summed E-state index contributed by atoms with van der Waals surface area (Å²) in [5.41, 5.74) is -1.83. The zero-order chi connectivity index (χ0) is 20.9. The van der Waals surface area contributed by atoms with Crippen LogP contribution in [-0.4, -0.2) is 34.9 Å². The number of halogens is 1. The number of anilines is 2. The highest BCUT2D eigenvalue weighted by atomic mass is 32.2. The quantitative estimate of drug-likeness (QED) is 0.440. The van der Waals surface area contributed by atoms with Crippen LogP contribution >= 0.6 is 11.8 Å². The van der Waals surface area contributed by atoms with Gasteiger partial charge in [-0.15, -0.1) is 0 Å². The maximum absolute atomic E-state index is 13.9. The van der Waals surface area contributed by atoms with Gasteiger partial charge in [0.1, 0.15) is 16.8 Å². The number of thioether (sulfide) groups is 1. The van der Waals surface area contributed by atoms with E-state index < -0.39 is 34.6 Å². The van der Waals surface area contributed by atoms with Gasteiger partial charge in [-0.2, -0.15) is 11.8 Å². The summed E-state index contributed by atoms with van der Waals surface area (Å²) in [6.07, 6.45) is 1.74. The lowest BCUT2D eigenvalue weighted by Crippen LogP contribution is -2.48. The molecule has 1 saturated heterocycles. The van der Waals surface area contributed by atoms with Gasteiger partial charge in [-0.3, -0.25) is 14.4 Å². The van der Waals surface area contributed by atoms with E-state index in [1.807, 2.05) is 0 Å². The number of carbonyl (C=O) groups excluding carboxylic acids is 3. The third-order valence-corrected chi connectivity index (χ3v) is 5.22. The lowest BCUT2D eigenvalue weighted by atomic mass is 9.80. The van der Waals surface area contributed by atoms with Crippen LogP contribution in [0.2, 0.25) is 0 Å². The van der Waals surface area contributed by atoms with Crippen molar-refractivity contribution < 1.29 is 23.5 Å². The summed E-state index contributed by atoms with van der Waals surface area (Å²) in [5.74, 6) is -0.941. The highest BCUT2D eigenvalue weighted by molar-refractivity contribution is 7.99. The van der Waals surface area contributed by atoms with Gasteiger partial charge >= 0.3 is 5.97 Å². The Kier molecular flexibility index (Phi) is 6.87. The molecule has 0 radical (unpaired) electrons. The molecule has 0 unspecified atom stereocenters. The molecule has 0 atom stereocenters. The SMILES string of the molecule is C=CC(=O)Nc1cc(NC(=O)C2(C(=O)OC(C)(C)C)CCSCC2)ccc1F. The van der Waals surface area contributed by atoms with Crippen molar-refractivity contribution in [3.63, 3.8) is 0 Å². The smallest absolute Gasteiger partial charge is 0.322 e. The molecule has 0 aliphatic carbocycles. The van der Waals surface area contributed by atoms with E-state index in [1.165, 1.54) is 12.1 Å². The Morgan fingerprint density at radius 2 is 1.86 bits per heavy atom. The molecule has 2 N–H and O–H groups in total. The van der Waals surface area contributed by atoms with Gasteiger partial charge in [0.05, 0.1) is 5.69 Å². The summed E-state index contributed by atoms with van der Waals surface area (Å²) in [7, 11) is 0. The van der Waals surface area contributed by atoms with Crippen molar-refractivity contribution in [1.29, 1.82) is 0 Å². The van der Waals surface area contributed by atoms with Crippen LogP contribution in [0.1, 0.15) is 33.6 Å². The summed E-state index contributed by atoms with van der Waals surface area (Å²) >= 11 is 1.68. The van der Waals surface area contributed by atoms with Crippen molar-refractivity contribution in [3.05, 3.63) is 36.7 Å². The van der Waals surface area contributed by atoms with Crippen LogP contribution in [0.3, 0.4) is 0 Å². The fourth-order valence-corrected chi connectivity index (χ4v) is 3.94. The van der Waals surface area contributed by atoms with Gasteiger partial charge in [0.25, 0.3) is 0 Å². The molecule has 1 fully saturated rings. The summed E-state index contributed by atoms with van der Waals surface area (Å²) in [6.45, 7) is 8.58. The number of ether oxygens (including phenoxy) is 1. The van der Waals surface area contributed by atoms with E-state index in [9.17, 15) is 18.8 Å². The molecule has 1 heterocycles. The van der Waals surface area contributed by atoms with Crippen molar-refractivity contribution >= 4 is 40.9 Å². The number of rotatable bonds is 5. The van der Waals surface area contributed by atoms with Crippen molar-refractivity contribution in [2.24, 2.45) is 5.41 Å². The zero-order valence-electron chi connectivity index (χ0n) is 16.3. The van der Waals surface area contributed by atoms with Gasteiger partial charge in [-0.05, 0) is 69.4 Å². The first-order chi connectivity index (χ1) is 13.1. The molecule has 1 aliphatic rings. The number of hydrogen-bond acceptors (Lipinski definition) is 5. The fraction of sp³-hybridized carbons (Fsp3) is 0.450. The van der Waals surface area contributed by atoms with Crippen LogP contribution in [0, 0.1) is 11.2 Å². The zero-order valence-corrected chi connectivity index (χ0v) is 17.1. The van der Waals surface area contributed by atoms with Crippen LogP contribution in [-0.2, 0) is 19.1 Å². The Labute approximate surface area is 168 Å². The minimum Gasteiger partial charge on any atom is -0.459 e. The molecule has 1 aliphatic heterocycles. The average Bonchev–Trinajstić information content (AvgIpc) is 2.63. The van der Waals surface area contributed by atoms with Crippen molar-refractivity contribution in [3.8, 4) is 0 Å². The first-order valence-electron chi connectivity index (χ1n) is 8.93. The van der Waals surface area contributed by atoms with Crippen LogP contribution in [0.25, 0.3) is 0 Å². The number of nitrogens with one attached hydrogen (secondary N) is 2. The van der Waals surface area contributed by atoms with Crippen molar-refractivity contribution in [1.82, 2.24) is 0 Å². The van der Waals surface area contributed by atoms with E-state index in [2.05, 4.69) is 17.2 Å². The summed E-state index contributed by atoms with van der Waals surface area (Å²) in [4.78, 5) is 37.4. The predicted octanol–water partition coefficient (Wildman–Crippen LogP) is 3.74. The summed E-state index contributed by atoms with van der Waals surface area (Å²) in [6, 6.07) is 3.80. The van der Waals surface area contributed by atoms with E-state index in [4.69, 9.17) is 4.74 Å². The minimum atomic E-state index is -1.29. The Hall–Kier alpha value is -2.35. The Bertz CT molecular complexity index is 783. The lowest BCUT2D eigenvalue weighted by Gasteiger charge is -2.35. The highest BCUT2D eigenvalue weighted by Gasteiger charge is 2.49. The molecule has 0 saturated carbocycles. The number of benzene rings is 1. The first kappa shape index (κ1) is 21.9. The molecule has 8 heteroatoms. The van der Waals surface area contributed by atoms with Gasteiger partial charge < -0.3 is 15.4 Å². The number of carbonyl (C=O) groups is 3. The maximum atomic E-state index is 13.9. The molecule has 0 aromatic heterocycles. The summed E-state index contributed by atoms with van der Waals surface area (Å²) in [5, 5.41) is 5.02. The molecule has 0 spiro atoms. The van der Waals surface area contributed by atoms with E-state index in [1.54, 1.807) is 32.5 Å². The fourth-order valence-electron chi connectivity index (χ4n) is 2.75. The Morgan fingerprint density at radius 1 is 1.21 bits per heavy atom. The molecule has 1 aromatic carbocycles. The molecule has 6 nitrogen and oxygen atoms in total. The summed E-state index contributed by atoms with van der Waals surface area (Å²) < 4.78 is 19.4. The first-order valence-corrected chi connectivity index (χ1v) is 10.1. The monoisotopic (exact) mass is 408 g/mol. The second-order valence-corrected chi connectivity index (χ2v) is 8.76. The van der Waals surface area contributed by atoms with Gasteiger partial charge in [-0.1, -0.05) is 6.58 Å². The van der Waals surface area contributed by atoms with Crippen LogP contribution in [0.15, 0.2) is 30.9 Å². The van der Waals surface area contributed by atoms with E-state index in [-0.39, 0.29) is 11.4 Å². The van der Waals surface area contributed by atoms with Gasteiger partial charge in [0.2, 0.25) is 11.8 Å². The lowest BCUT2D eigenvalue weighted by molar-refractivity contribution is -0.170. The van der Waals surface area contributed by atoms with Crippen molar-refractivity contribution in [2.75, 3.05) is 22.1 Å². The Morgan fingerprint density at radius 3 is 2.43 bits per heavy atom. The maximum Gasteiger partial charge on any atom is 0.322 e. The molecule has 2 amide bonds. The third kappa shape index (κ3) is 5.34. The molecule has 28 heavy (non-hydrogen) atoms. The predicted molar refractivity (Wildman–Crippen MR) is 109 cm³/mol. The average molecular weight is 408 g/mol. The minimum absolute atomic E-state index is 0.0896. The second-order valence-electron chi connectivity index (χ2n) is 7.54. The second kappa shape index (κ2) is 8.77.